The molecule has 1 N–H and O–H groups in total. The fourth-order valence-corrected chi connectivity index (χ4v) is 2.57. The highest BCUT2D eigenvalue weighted by Gasteiger charge is 2.27. The van der Waals surface area contributed by atoms with Gasteiger partial charge in [0.15, 0.2) is 0 Å². The fourth-order valence-electron chi connectivity index (χ4n) is 2.57. The highest BCUT2D eigenvalue weighted by Crippen LogP contribution is 2.26. The maximum Gasteiger partial charge on any atom is 0.261 e. The van der Waals surface area contributed by atoms with E-state index < -0.39 is 0 Å². The molecule has 2 aromatic heterocycles. The number of nitrogens with one attached hydrogen (secondary N) is 1. The average Bonchev–Trinajstić information content (AvgIpc) is 3.04. The number of nitrogens with zero attached hydrogens (tertiary/aromatic N) is 4. The predicted octanol–water partition coefficient (Wildman–Crippen LogP) is 0.883. The van der Waals surface area contributed by atoms with Gasteiger partial charge in [-0.15, -0.1) is 0 Å². The molecule has 7 nitrogen and oxygen atoms in total. The van der Waals surface area contributed by atoms with Gasteiger partial charge in [-0.2, -0.15) is 10.2 Å². The normalized spacial score (nSPS) is 14.4. The number of ether oxygens (including phenoxy) is 1. The first kappa shape index (κ1) is 12.9. The van der Waals surface area contributed by atoms with Crippen LogP contribution in [-0.2, 0) is 24.8 Å². The summed E-state index contributed by atoms with van der Waals surface area (Å²) < 4.78 is 6.75. The molecule has 0 radical (unpaired) electrons. The summed E-state index contributed by atoms with van der Waals surface area (Å²) in [5.74, 6) is -0.0486. The van der Waals surface area contributed by atoms with E-state index in [1.807, 2.05) is 0 Å². The van der Waals surface area contributed by atoms with Crippen LogP contribution in [0.15, 0.2) is 12.4 Å². The van der Waals surface area contributed by atoms with Gasteiger partial charge in [0.05, 0.1) is 29.7 Å². The van der Waals surface area contributed by atoms with Crippen LogP contribution in [0.2, 0.25) is 0 Å². The number of aromatic nitrogens is 4. The number of aromatic amines is 1. The zero-order valence-electron chi connectivity index (χ0n) is 11.6. The van der Waals surface area contributed by atoms with Crippen LogP contribution in [0.4, 0.5) is 5.69 Å². The number of rotatable bonds is 3. The number of amides is 1. The summed E-state index contributed by atoms with van der Waals surface area (Å²) in [6.07, 6.45) is 5.31. The van der Waals surface area contributed by atoms with Crippen LogP contribution < -0.4 is 4.90 Å². The summed E-state index contributed by atoms with van der Waals surface area (Å²) in [5.41, 5.74) is 3.13. The molecule has 3 heterocycles. The summed E-state index contributed by atoms with van der Waals surface area (Å²) in [5, 5.41) is 11.3. The third-order valence-corrected chi connectivity index (χ3v) is 3.46. The highest BCUT2D eigenvalue weighted by atomic mass is 16.5. The van der Waals surface area contributed by atoms with Crippen molar-refractivity contribution in [2.24, 2.45) is 7.05 Å². The number of hydrogen-bond acceptors (Lipinski definition) is 4. The maximum absolute atomic E-state index is 12.7. The van der Waals surface area contributed by atoms with Gasteiger partial charge in [0.1, 0.15) is 5.69 Å². The van der Waals surface area contributed by atoms with E-state index in [2.05, 4.69) is 15.3 Å². The Morgan fingerprint density at radius 3 is 3.20 bits per heavy atom. The number of H-pyrrole nitrogens is 1. The molecule has 106 valence electrons. The average molecular weight is 275 g/mol. The zero-order chi connectivity index (χ0) is 14.1. The van der Waals surface area contributed by atoms with Crippen molar-refractivity contribution in [3.8, 4) is 0 Å². The number of hydrogen-bond donors (Lipinski definition) is 1. The zero-order valence-corrected chi connectivity index (χ0v) is 11.6. The summed E-state index contributed by atoms with van der Waals surface area (Å²) in [6.45, 7) is 1.03. The molecule has 0 bridgehead atoms. The van der Waals surface area contributed by atoms with Crippen molar-refractivity contribution in [3.63, 3.8) is 0 Å². The number of methoxy groups -OCH3 is 1. The molecule has 0 aliphatic carbocycles. The Kier molecular flexibility index (Phi) is 3.27. The molecule has 0 aromatic carbocycles. The van der Waals surface area contributed by atoms with E-state index in [0.717, 1.165) is 24.2 Å². The Morgan fingerprint density at radius 1 is 1.55 bits per heavy atom. The molecule has 7 heteroatoms. The molecule has 2 aromatic rings. The monoisotopic (exact) mass is 275 g/mol. The van der Waals surface area contributed by atoms with Crippen molar-refractivity contribution in [2.75, 3.05) is 18.6 Å². The first-order valence-electron chi connectivity index (χ1n) is 6.56. The van der Waals surface area contributed by atoms with Gasteiger partial charge >= 0.3 is 0 Å². The van der Waals surface area contributed by atoms with E-state index in [-0.39, 0.29) is 5.91 Å². The van der Waals surface area contributed by atoms with Gasteiger partial charge in [-0.05, 0) is 12.8 Å². The summed E-state index contributed by atoms with van der Waals surface area (Å²) >= 11 is 0. The topological polar surface area (TPSA) is 76.0 Å². The SMILES string of the molecule is COCc1nn(C)cc1C(=O)N1CCCc2[nH]ncc21. The van der Waals surface area contributed by atoms with Crippen molar-refractivity contribution in [1.82, 2.24) is 20.0 Å². The number of carbonyl (C=O) groups is 1. The van der Waals surface area contributed by atoms with E-state index in [0.29, 0.717) is 24.4 Å². The molecule has 0 saturated carbocycles. The smallest absolute Gasteiger partial charge is 0.261 e. The van der Waals surface area contributed by atoms with Crippen LogP contribution in [-0.4, -0.2) is 39.5 Å². The Hall–Kier alpha value is -2.15. The maximum atomic E-state index is 12.7. The Balaban J connectivity index is 1.94. The predicted molar refractivity (Wildman–Crippen MR) is 72.5 cm³/mol. The van der Waals surface area contributed by atoms with Gasteiger partial charge in [-0.3, -0.25) is 14.6 Å². The van der Waals surface area contributed by atoms with Crippen molar-refractivity contribution < 1.29 is 9.53 Å². The third-order valence-electron chi connectivity index (χ3n) is 3.46. The second kappa shape index (κ2) is 5.09. The molecule has 1 aliphatic rings. The summed E-state index contributed by atoms with van der Waals surface area (Å²) in [7, 11) is 3.40. The molecule has 0 atom stereocenters. The largest absolute Gasteiger partial charge is 0.378 e. The number of aryl methyl sites for hydroxylation is 2. The first-order valence-corrected chi connectivity index (χ1v) is 6.56. The van der Waals surface area contributed by atoms with Crippen molar-refractivity contribution in [3.05, 3.63) is 29.3 Å². The van der Waals surface area contributed by atoms with Crippen LogP contribution in [0, 0.1) is 0 Å². The van der Waals surface area contributed by atoms with Crippen LogP contribution >= 0.6 is 0 Å². The van der Waals surface area contributed by atoms with Gasteiger partial charge in [0.25, 0.3) is 5.91 Å². The molecular weight excluding hydrogens is 258 g/mol. The van der Waals surface area contributed by atoms with Crippen LogP contribution in [0.3, 0.4) is 0 Å². The van der Waals surface area contributed by atoms with E-state index in [9.17, 15) is 4.79 Å². The number of carbonyl (C=O) groups excluding carboxylic acids is 1. The highest BCUT2D eigenvalue weighted by molar-refractivity contribution is 6.07. The lowest BCUT2D eigenvalue weighted by Crippen LogP contribution is -2.35. The first-order chi connectivity index (χ1) is 9.70. The molecular formula is C13H17N5O2. The van der Waals surface area contributed by atoms with Crippen LogP contribution in [0.25, 0.3) is 0 Å². The Morgan fingerprint density at radius 2 is 2.40 bits per heavy atom. The molecule has 0 saturated heterocycles. The van der Waals surface area contributed by atoms with Crippen LogP contribution in [0.1, 0.15) is 28.2 Å². The van der Waals surface area contributed by atoms with Gasteiger partial charge in [-0.25, -0.2) is 0 Å². The Labute approximate surface area is 116 Å². The molecule has 0 spiro atoms. The lowest BCUT2D eigenvalue weighted by Gasteiger charge is -2.26. The lowest BCUT2D eigenvalue weighted by atomic mass is 10.1. The van der Waals surface area contributed by atoms with Crippen molar-refractivity contribution >= 4 is 11.6 Å². The molecule has 0 fully saturated rings. The second-order valence-electron chi connectivity index (χ2n) is 4.89. The standard InChI is InChI=1S/C13H17N5O2/c1-17-7-9(11(16-17)8-20-2)13(19)18-5-3-4-10-12(18)6-14-15-10/h6-7H,3-5,8H2,1-2H3,(H,14,15). The molecule has 0 unspecified atom stereocenters. The quantitative estimate of drug-likeness (QED) is 0.902. The third kappa shape index (κ3) is 2.09. The molecule has 20 heavy (non-hydrogen) atoms. The minimum Gasteiger partial charge on any atom is -0.378 e. The fraction of sp³-hybridized carbons (Fsp3) is 0.462. The minimum absolute atomic E-state index is 0.0486. The van der Waals surface area contributed by atoms with Gasteiger partial charge in [0, 0.05) is 26.9 Å². The van der Waals surface area contributed by atoms with E-state index in [1.165, 1.54) is 0 Å². The lowest BCUT2D eigenvalue weighted by molar-refractivity contribution is 0.0980. The van der Waals surface area contributed by atoms with Crippen molar-refractivity contribution in [2.45, 2.75) is 19.4 Å². The van der Waals surface area contributed by atoms with Gasteiger partial charge in [0.2, 0.25) is 0 Å². The summed E-state index contributed by atoms with van der Waals surface area (Å²) in [4.78, 5) is 14.5. The van der Waals surface area contributed by atoms with Gasteiger partial charge in [-0.1, -0.05) is 0 Å². The molecule has 3 rings (SSSR count). The summed E-state index contributed by atoms with van der Waals surface area (Å²) in [6, 6.07) is 0. The van der Waals surface area contributed by atoms with E-state index in [1.54, 1.807) is 36.1 Å². The minimum atomic E-state index is -0.0486. The van der Waals surface area contributed by atoms with E-state index in [4.69, 9.17) is 4.74 Å². The van der Waals surface area contributed by atoms with E-state index >= 15 is 0 Å². The second-order valence-corrected chi connectivity index (χ2v) is 4.89. The van der Waals surface area contributed by atoms with Crippen molar-refractivity contribution in [1.29, 1.82) is 0 Å². The number of anilines is 1. The Bertz CT molecular complexity index is 630. The molecule has 1 aliphatic heterocycles. The number of fused-ring (bicyclic) bond motifs is 1. The van der Waals surface area contributed by atoms with Crippen LogP contribution in [0.5, 0.6) is 0 Å². The molecule has 1 amide bonds. The van der Waals surface area contributed by atoms with Gasteiger partial charge < -0.3 is 9.64 Å².